The quantitative estimate of drug-likeness (QED) is 0.471. The van der Waals surface area contributed by atoms with Crippen molar-refractivity contribution in [1.82, 2.24) is 5.32 Å². The average molecular weight is 471 g/mol. The molecular formula is C21H22ClF3N4O3. The van der Waals surface area contributed by atoms with E-state index in [4.69, 9.17) is 17.3 Å². The van der Waals surface area contributed by atoms with Crippen molar-refractivity contribution in [2.24, 2.45) is 11.7 Å². The maximum atomic E-state index is 12.8. The highest BCUT2D eigenvalue weighted by Gasteiger charge is 2.31. The van der Waals surface area contributed by atoms with Crippen molar-refractivity contribution in [3.63, 3.8) is 0 Å². The second-order valence-corrected chi connectivity index (χ2v) is 7.68. The van der Waals surface area contributed by atoms with E-state index in [-0.39, 0.29) is 28.7 Å². The van der Waals surface area contributed by atoms with Crippen LogP contribution in [0.2, 0.25) is 5.02 Å². The van der Waals surface area contributed by atoms with Crippen LogP contribution in [0.15, 0.2) is 42.5 Å². The van der Waals surface area contributed by atoms with Gasteiger partial charge in [0, 0.05) is 11.3 Å². The van der Waals surface area contributed by atoms with Crippen LogP contribution in [0.25, 0.3) is 0 Å². The number of hydrogen-bond donors (Lipinski definition) is 4. The number of carbonyl (C=O) groups excluding carboxylic acids is 3. The Morgan fingerprint density at radius 1 is 1.06 bits per heavy atom. The number of carbonyl (C=O) groups is 3. The molecule has 0 bridgehead atoms. The summed E-state index contributed by atoms with van der Waals surface area (Å²) in [5.74, 6) is -1.85. The summed E-state index contributed by atoms with van der Waals surface area (Å²) in [5, 5.41) is 7.75. The van der Waals surface area contributed by atoms with E-state index in [1.54, 1.807) is 13.8 Å². The van der Waals surface area contributed by atoms with Gasteiger partial charge in [-0.15, -0.1) is 0 Å². The van der Waals surface area contributed by atoms with Crippen LogP contribution in [0.1, 0.15) is 29.8 Å². The van der Waals surface area contributed by atoms with Crippen molar-refractivity contribution in [3.8, 4) is 0 Å². The largest absolute Gasteiger partial charge is 0.416 e. The van der Waals surface area contributed by atoms with E-state index in [1.165, 1.54) is 30.3 Å². The zero-order valence-corrected chi connectivity index (χ0v) is 18.0. The van der Waals surface area contributed by atoms with Crippen LogP contribution < -0.4 is 21.7 Å². The van der Waals surface area contributed by atoms with E-state index in [9.17, 15) is 27.6 Å². The number of primary amides is 1. The second kappa shape index (κ2) is 10.4. The summed E-state index contributed by atoms with van der Waals surface area (Å²) >= 11 is 5.98. The van der Waals surface area contributed by atoms with Gasteiger partial charge in [-0.2, -0.15) is 13.2 Å². The summed E-state index contributed by atoms with van der Waals surface area (Å²) in [6.45, 7) is 3.23. The third kappa shape index (κ3) is 6.88. The summed E-state index contributed by atoms with van der Waals surface area (Å²) in [6, 6.07) is 7.95. The molecule has 0 aliphatic heterocycles. The van der Waals surface area contributed by atoms with Gasteiger partial charge in [-0.05, 0) is 48.4 Å². The molecule has 2 aromatic rings. The van der Waals surface area contributed by atoms with Gasteiger partial charge in [0.15, 0.2) is 0 Å². The molecule has 0 unspecified atom stereocenters. The lowest BCUT2D eigenvalue weighted by molar-refractivity contribution is -0.137. The Morgan fingerprint density at radius 3 is 2.19 bits per heavy atom. The van der Waals surface area contributed by atoms with E-state index >= 15 is 0 Å². The Hall–Kier alpha value is -3.27. The highest BCUT2D eigenvalue weighted by molar-refractivity contribution is 6.33. The topological polar surface area (TPSA) is 113 Å². The Balaban J connectivity index is 2.09. The van der Waals surface area contributed by atoms with E-state index in [0.29, 0.717) is 5.69 Å². The van der Waals surface area contributed by atoms with Gasteiger partial charge in [0.25, 0.3) is 5.91 Å². The minimum absolute atomic E-state index is 0.162. The predicted molar refractivity (Wildman–Crippen MR) is 115 cm³/mol. The fourth-order valence-electron chi connectivity index (χ4n) is 2.71. The molecule has 11 heteroatoms. The van der Waals surface area contributed by atoms with Crippen molar-refractivity contribution >= 4 is 40.7 Å². The zero-order chi connectivity index (χ0) is 24.1. The van der Waals surface area contributed by atoms with Gasteiger partial charge in [-0.3, -0.25) is 14.4 Å². The Labute approximate surface area is 187 Å². The zero-order valence-electron chi connectivity index (χ0n) is 17.2. The maximum absolute atomic E-state index is 12.8. The first-order valence-electron chi connectivity index (χ1n) is 9.49. The summed E-state index contributed by atoms with van der Waals surface area (Å²) < 4.78 is 38.5. The van der Waals surface area contributed by atoms with Crippen LogP contribution in [0.5, 0.6) is 0 Å². The van der Waals surface area contributed by atoms with Crippen LogP contribution in [0, 0.1) is 5.92 Å². The number of anilines is 2. The third-order valence-electron chi connectivity index (χ3n) is 4.39. The Bertz CT molecular complexity index is 995. The van der Waals surface area contributed by atoms with Crippen LogP contribution >= 0.6 is 11.6 Å². The molecule has 0 spiro atoms. The summed E-state index contributed by atoms with van der Waals surface area (Å²) in [7, 11) is 0. The van der Waals surface area contributed by atoms with E-state index in [0.717, 1.165) is 12.1 Å². The SMILES string of the molecule is CC(C)[C@H](Nc1ccc(C(F)(F)F)cc1Cl)C(=O)Nc1ccc(C(=O)NCC(N)=O)cc1. The van der Waals surface area contributed by atoms with Gasteiger partial charge in [-0.25, -0.2) is 0 Å². The molecule has 0 radical (unpaired) electrons. The molecule has 0 aliphatic rings. The first-order valence-corrected chi connectivity index (χ1v) is 9.87. The number of hydrogen-bond acceptors (Lipinski definition) is 4. The lowest BCUT2D eigenvalue weighted by atomic mass is 10.0. The van der Waals surface area contributed by atoms with Gasteiger partial charge in [-0.1, -0.05) is 25.4 Å². The first kappa shape index (κ1) is 25.0. The number of benzene rings is 2. The lowest BCUT2D eigenvalue weighted by Gasteiger charge is -2.24. The predicted octanol–water partition coefficient (Wildman–Crippen LogP) is 3.65. The molecule has 2 rings (SSSR count). The smallest absolute Gasteiger partial charge is 0.372 e. The molecular weight excluding hydrogens is 449 g/mol. The summed E-state index contributed by atoms with van der Waals surface area (Å²) in [5.41, 5.74) is 4.93. The number of halogens is 4. The number of nitrogens with one attached hydrogen (secondary N) is 3. The maximum Gasteiger partial charge on any atom is 0.416 e. The van der Waals surface area contributed by atoms with Gasteiger partial charge >= 0.3 is 6.18 Å². The van der Waals surface area contributed by atoms with E-state index in [2.05, 4.69) is 16.0 Å². The molecule has 3 amide bonds. The van der Waals surface area contributed by atoms with Crippen molar-refractivity contribution in [2.45, 2.75) is 26.1 Å². The standard InChI is InChI=1S/C21H22ClF3N4O3/c1-11(2)18(29-16-8-5-13(9-15(16)22)21(23,24)25)20(32)28-14-6-3-12(4-7-14)19(31)27-10-17(26)30/h3-9,11,18,29H,10H2,1-2H3,(H2,26,30)(H,27,31)(H,28,32)/t18-/m0/s1. The molecule has 0 saturated carbocycles. The van der Waals surface area contributed by atoms with Gasteiger partial charge < -0.3 is 21.7 Å². The molecule has 0 aliphatic carbocycles. The Kier molecular flexibility index (Phi) is 8.09. The highest BCUT2D eigenvalue weighted by Crippen LogP contribution is 2.34. The molecule has 172 valence electrons. The van der Waals surface area contributed by atoms with Crippen molar-refractivity contribution in [1.29, 1.82) is 0 Å². The molecule has 5 N–H and O–H groups in total. The monoisotopic (exact) mass is 470 g/mol. The fraction of sp³-hybridized carbons (Fsp3) is 0.286. The highest BCUT2D eigenvalue weighted by atomic mass is 35.5. The van der Waals surface area contributed by atoms with Gasteiger partial charge in [0.1, 0.15) is 6.04 Å². The van der Waals surface area contributed by atoms with Gasteiger partial charge in [0.05, 0.1) is 22.8 Å². The number of alkyl halides is 3. The average Bonchev–Trinajstić information content (AvgIpc) is 2.70. The van der Waals surface area contributed by atoms with Gasteiger partial charge in [0.2, 0.25) is 11.8 Å². The first-order chi connectivity index (χ1) is 14.9. The minimum Gasteiger partial charge on any atom is -0.372 e. The van der Waals surface area contributed by atoms with E-state index in [1.807, 2.05) is 0 Å². The lowest BCUT2D eigenvalue weighted by Crippen LogP contribution is -2.39. The van der Waals surface area contributed by atoms with E-state index < -0.39 is 35.5 Å². The third-order valence-corrected chi connectivity index (χ3v) is 4.71. The molecule has 0 heterocycles. The molecule has 0 saturated heterocycles. The van der Waals surface area contributed by atoms with Crippen molar-refractivity contribution in [2.75, 3.05) is 17.2 Å². The van der Waals surface area contributed by atoms with Crippen LogP contribution in [-0.2, 0) is 15.8 Å². The van der Waals surface area contributed by atoms with Crippen LogP contribution in [0.4, 0.5) is 24.5 Å². The minimum atomic E-state index is -4.53. The molecule has 2 aromatic carbocycles. The molecule has 32 heavy (non-hydrogen) atoms. The summed E-state index contributed by atoms with van der Waals surface area (Å²) in [4.78, 5) is 35.4. The molecule has 7 nitrogen and oxygen atoms in total. The Morgan fingerprint density at radius 2 is 1.69 bits per heavy atom. The molecule has 0 aromatic heterocycles. The number of rotatable bonds is 8. The second-order valence-electron chi connectivity index (χ2n) is 7.27. The number of amides is 3. The summed E-state index contributed by atoms with van der Waals surface area (Å²) in [6.07, 6.45) is -4.53. The van der Waals surface area contributed by atoms with Crippen molar-refractivity contribution in [3.05, 3.63) is 58.6 Å². The number of nitrogens with two attached hydrogens (primary N) is 1. The fourth-order valence-corrected chi connectivity index (χ4v) is 2.94. The van der Waals surface area contributed by atoms with Crippen LogP contribution in [0.3, 0.4) is 0 Å². The van der Waals surface area contributed by atoms with Crippen molar-refractivity contribution < 1.29 is 27.6 Å². The van der Waals surface area contributed by atoms with Crippen LogP contribution in [-0.4, -0.2) is 30.3 Å². The molecule has 1 atom stereocenters. The molecule has 0 fully saturated rings. The normalized spacial score (nSPS) is 12.2.